The molecular formula is C12H19ClN2. The molecule has 1 aromatic rings. The van der Waals surface area contributed by atoms with Crippen molar-refractivity contribution in [3.05, 3.63) is 24.5 Å². The molecule has 0 aliphatic carbocycles. The molecule has 0 saturated heterocycles. The lowest BCUT2D eigenvalue weighted by Gasteiger charge is -2.32. The van der Waals surface area contributed by atoms with E-state index in [1.54, 1.807) is 0 Å². The lowest BCUT2D eigenvalue weighted by molar-refractivity contribution is 0.567. The topological polar surface area (TPSA) is 16.1 Å². The Morgan fingerprint density at radius 3 is 2.33 bits per heavy atom. The van der Waals surface area contributed by atoms with Crippen LogP contribution >= 0.6 is 11.6 Å². The van der Waals surface area contributed by atoms with Gasteiger partial charge >= 0.3 is 0 Å². The molecule has 0 aliphatic rings. The van der Waals surface area contributed by atoms with E-state index in [9.17, 15) is 0 Å². The summed E-state index contributed by atoms with van der Waals surface area (Å²) in [5.74, 6) is 0.665. The van der Waals surface area contributed by atoms with Gasteiger partial charge in [0, 0.05) is 36.5 Å². The zero-order valence-corrected chi connectivity index (χ0v) is 10.2. The number of pyridine rings is 1. The predicted octanol–water partition coefficient (Wildman–Crippen LogP) is 3.32. The molecule has 3 heteroatoms. The van der Waals surface area contributed by atoms with Crippen LogP contribution in [0.15, 0.2) is 24.5 Å². The Kier molecular flexibility index (Phi) is 5.48. The average molecular weight is 227 g/mol. The highest BCUT2D eigenvalue weighted by Crippen LogP contribution is 2.19. The molecule has 84 valence electrons. The Bertz CT molecular complexity index is 260. The molecule has 1 aromatic heterocycles. The first-order valence-electron chi connectivity index (χ1n) is 5.56. The third-order valence-electron chi connectivity index (χ3n) is 2.70. The number of nitrogens with zero attached hydrogens (tertiary/aromatic N) is 2. The van der Waals surface area contributed by atoms with Gasteiger partial charge in [-0.3, -0.25) is 4.98 Å². The molecule has 2 nitrogen and oxygen atoms in total. The summed E-state index contributed by atoms with van der Waals surface area (Å²) < 4.78 is 0. The SMILES string of the molecule is CCC(CC)N(CCCl)c1ccncc1. The maximum Gasteiger partial charge on any atom is 0.0399 e. The number of aromatic nitrogens is 1. The van der Waals surface area contributed by atoms with Crippen molar-refractivity contribution in [1.82, 2.24) is 4.98 Å². The van der Waals surface area contributed by atoms with Gasteiger partial charge < -0.3 is 4.90 Å². The summed E-state index contributed by atoms with van der Waals surface area (Å²) in [6, 6.07) is 4.67. The first-order chi connectivity index (χ1) is 7.33. The van der Waals surface area contributed by atoms with Gasteiger partial charge in [0.1, 0.15) is 0 Å². The summed E-state index contributed by atoms with van der Waals surface area (Å²) in [6.07, 6.45) is 5.96. The molecule has 0 amide bonds. The van der Waals surface area contributed by atoms with Gasteiger partial charge in [0.15, 0.2) is 0 Å². The first kappa shape index (κ1) is 12.3. The van der Waals surface area contributed by atoms with E-state index in [0.717, 1.165) is 19.4 Å². The van der Waals surface area contributed by atoms with Crippen molar-refractivity contribution in [1.29, 1.82) is 0 Å². The molecule has 1 heterocycles. The van der Waals surface area contributed by atoms with Gasteiger partial charge in [-0.15, -0.1) is 11.6 Å². The van der Waals surface area contributed by atoms with E-state index in [1.807, 2.05) is 24.5 Å². The Morgan fingerprint density at radius 1 is 1.27 bits per heavy atom. The predicted molar refractivity (Wildman–Crippen MR) is 66.7 cm³/mol. The minimum Gasteiger partial charge on any atom is -0.367 e. The van der Waals surface area contributed by atoms with Crippen LogP contribution in [-0.2, 0) is 0 Å². The standard InChI is InChI=1S/C12H19ClN2/c1-3-11(4-2)15(10-7-13)12-5-8-14-9-6-12/h5-6,8-9,11H,3-4,7,10H2,1-2H3. The zero-order chi connectivity index (χ0) is 11.1. The van der Waals surface area contributed by atoms with Crippen LogP contribution in [0.1, 0.15) is 26.7 Å². The Morgan fingerprint density at radius 2 is 1.87 bits per heavy atom. The van der Waals surface area contributed by atoms with Crippen molar-refractivity contribution in [2.75, 3.05) is 17.3 Å². The molecule has 0 bridgehead atoms. The van der Waals surface area contributed by atoms with E-state index in [1.165, 1.54) is 5.69 Å². The van der Waals surface area contributed by atoms with Crippen LogP contribution in [0.5, 0.6) is 0 Å². The van der Waals surface area contributed by atoms with Gasteiger partial charge in [0.2, 0.25) is 0 Å². The van der Waals surface area contributed by atoms with Gasteiger partial charge in [-0.05, 0) is 25.0 Å². The van der Waals surface area contributed by atoms with Crippen LogP contribution in [0, 0.1) is 0 Å². The second-order valence-electron chi connectivity index (χ2n) is 3.56. The van der Waals surface area contributed by atoms with Crippen molar-refractivity contribution in [2.24, 2.45) is 0 Å². The van der Waals surface area contributed by atoms with Crippen LogP contribution in [0.2, 0.25) is 0 Å². The number of hydrogen-bond acceptors (Lipinski definition) is 2. The van der Waals surface area contributed by atoms with E-state index in [-0.39, 0.29) is 0 Å². The highest BCUT2D eigenvalue weighted by Gasteiger charge is 2.14. The van der Waals surface area contributed by atoms with Crippen LogP contribution in [0.3, 0.4) is 0 Å². The van der Waals surface area contributed by atoms with Crippen molar-refractivity contribution >= 4 is 17.3 Å². The monoisotopic (exact) mass is 226 g/mol. The molecule has 0 spiro atoms. The van der Waals surface area contributed by atoms with Crippen molar-refractivity contribution < 1.29 is 0 Å². The molecule has 0 radical (unpaired) electrons. The van der Waals surface area contributed by atoms with Crippen molar-refractivity contribution in [3.8, 4) is 0 Å². The molecule has 0 fully saturated rings. The fourth-order valence-electron chi connectivity index (χ4n) is 1.88. The van der Waals surface area contributed by atoms with Crippen LogP contribution in [0.25, 0.3) is 0 Å². The minimum absolute atomic E-state index is 0.575. The molecule has 0 N–H and O–H groups in total. The third-order valence-corrected chi connectivity index (χ3v) is 2.87. The summed E-state index contributed by atoms with van der Waals surface area (Å²) >= 11 is 5.85. The summed E-state index contributed by atoms with van der Waals surface area (Å²) in [5.41, 5.74) is 1.22. The minimum atomic E-state index is 0.575. The summed E-state index contributed by atoms with van der Waals surface area (Å²) in [4.78, 5) is 6.41. The zero-order valence-electron chi connectivity index (χ0n) is 9.49. The van der Waals surface area contributed by atoms with E-state index < -0.39 is 0 Å². The largest absolute Gasteiger partial charge is 0.367 e. The molecule has 0 saturated carbocycles. The van der Waals surface area contributed by atoms with Crippen LogP contribution < -0.4 is 4.90 Å². The maximum absolute atomic E-state index is 5.85. The highest BCUT2D eigenvalue weighted by atomic mass is 35.5. The van der Waals surface area contributed by atoms with Crippen LogP contribution in [-0.4, -0.2) is 23.5 Å². The van der Waals surface area contributed by atoms with Gasteiger partial charge in [0.05, 0.1) is 0 Å². The molecule has 0 atom stereocenters. The van der Waals surface area contributed by atoms with E-state index in [2.05, 4.69) is 23.7 Å². The molecule has 1 rings (SSSR count). The number of hydrogen-bond donors (Lipinski definition) is 0. The quantitative estimate of drug-likeness (QED) is 0.692. The number of rotatable bonds is 6. The third kappa shape index (κ3) is 3.38. The number of halogens is 1. The van der Waals surface area contributed by atoms with Gasteiger partial charge in [-0.2, -0.15) is 0 Å². The van der Waals surface area contributed by atoms with Gasteiger partial charge in [-0.25, -0.2) is 0 Å². The molecule has 0 aromatic carbocycles. The van der Waals surface area contributed by atoms with Crippen molar-refractivity contribution in [3.63, 3.8) is 0 Å². The lowest BCUT2D eigenvalue weighted by Crippen LogP contribution is -2.36. The summed E-state index contributed by atoms with van der Waals surface area (Å²) in [7, 11) is 0. The fraction of sp³-hybridized carbons (Fsp3) is 0.583. The molecule has 0 unspecified atom stereocenters. The maximum atomic E-state index is 5.85. The Hall–Kier alpha value is -0.760. The summed E-state index contributed by atoms with van der Waals surface area (Å²) in [6.45, 7) is 5.34. The average Bonchev–Trinajstić information content (AvgIpc) is 2.30. The number of alkyl halides is 1. The van der Waals surface area contributed by atoms with Crippen LogP contribution in [0.4, 0.5) is 5.69 Å². The summed E-state index contributed by atoms with van der Waals surface area (Å²) in [5, 5.41) is 0. The van der Waals surface area contributed by atoms with E-state index >= 15 is 0 Å². The Labute approximate surface area is 97.3 Å². The van der Waals surface area contributed by atoms with E-state index in [4.69, 9.17) is 11.6 Å². The molecule has 15 heavy (non-hydrogen) atoms. The number of anilines is 1. The second kappa shape index (κ2) is 6.67. The Balaban J connectivity index is 2.81. The van der Waals surface area contributed by atoms with Gasteiger partial charge in [-0.1, -0.05) is 13.8 Å². The lowest BCUT2D eigenvalue weighted by atomic mass is 10.1. The normalized spacial score (nSPS) is 10.7. The van der Waals surface area contributed by atoms with E-state index in [0.29, 0.717) is 11.9 Å². The smallest absolute Gasteiger partial charge is 0.0399 e. The fourth-order valence-corrected chi connectivity index (χ4v) is 2.06. The first-order valence-corrected chi connectivity index (χ1v) is 6.09. The van der Waals surface area contributed by atoms with Crippen molar-refractivity contribution in [2.45, 2.75) is 32.7 Å². The molecular weight excluding hydrogens is 208 g/mol. The van der Waals surface area contributed by atoms with Gasteiger partial charge in [0.25, 0.3) is 0 Å². The second-order valence-corrected chi connectivity index (χ2v) is 3.94. The highest BCUT2D eigenvalue weighted by molar-refractivity contribution is 6.18. The molecule has 0 aliphatic heterocycles.